The fourth-order valence-corrected chi connectivity index (χ4v) is 6.02. The summed E-state index contributed by atoms with van der Waals surface area (Å²) in [6.45, 7) is 1.33. The summed E-state index contributed by atoms with van der Waals surface area (Å²) in [5.41, 5.74) is 4.04. The van der Waals surface area contributed by atoms with Crippen LogP contribution in [0.15, 0.2) is 48.5 Å². The van der Waals surface area contributed by atoms with Crippen LogP contribution in [0.2, 0.25) is 0 Å². The lowest BCUT2D eigenvalue weighted by Gasteiger charge is -2.43. The third-order valence-electron chi connectivity index (χ3n) is 7.95. The Bertz CT molecular complexity index is 1120. The number of hydrogen-bond acceptors (Lipinski definition) is 5. The molecule has 2 fully saturated rings. The molecular formula is C28H34N4O3. The van der Waals surface area contributed by atoms with Crippen molar-refractivity contribution in [1.82, 2.24) is 15.1 Å². The van der Waals surface area contributed by atoms with Crippen LogP contribution in [0, 0.1) is 0 Å². The molecule has 2 aromatic carbocycles. The molecule has 184 valence electrons. The number of benzene rings is 2. The van der Waals surface area contributed by atoms with E-state index >= 15 is 0 Å². The normalized spacial score (nSPS) is 24.5. The number of fused-ring (bicyclic) bond motifs is 1. The summed E-state index contributed by atoms with van der Waals surface area (Å²) < 4.78 is 0. The van der Waals surface area contributed by atoms with Crippen molar-refractivity contribution in [2.45, 2.75) is 69.7 Å². The van der Waals surface area contributed by atoms with Gasteiger partial charge in [-0.05, 0) is 55.6 Å². The Labute approximate surface area is 207 Å². The van der Waals surface area contributed by atoms with E-state index in [1.54, 1.807) is 4.90 Å². The maximum atomic E-state index is 13.1. The van der Waals surface area contributed by atoms with Crippen molar-refractivity contribution in [3.05, 3.63) is 65.2 Å². The predicted molar refractivity (Wildman–Crippen MR) is 135 cm³/mol. The van der Waals surface area contributed by atoms with E-state index in [1.807, 2.05) is 12.1 Å². The Morgan fingerprint density at radius 3 is 2.43 bits per heavy atom. The van der Waals surface area contributed by atoms with Gasteiger partial charge in [0.1, 0.15) is 6.04 Å². The minimum absolute atomic E-state index is 0.123. The van der Waals surface area contributed by atoms with E-state index in [9.17, 15) is 14.4 Å². The molecule has 0 spiro atoms. The van der Waals surface area contributed by atoms with Gasteiger partial charge in [0.25, 0.3) is 5.91 Å². The van der Waals surface area contributed by atoms with Crippen LogP contribution < -0.4 is 10.2 Å². The maximum Gasteiger partial charge on any atom is 0.255 e. The Balaban J connectivity index is 1.32. The van der Waals surface area contributed by atoms with Gasteiger partial charge in [0, 0.05) is 49.9 Å². The lowest BCUT2D eigenvalue weighted by molar-refractivity contribution is -0.136. The van der Waals surface area contributed by atoms with Crippen LogP contribution in [0.3, 0.4) is 0 Å². The number of nitrogens with zero attached hydrogens (tertiary/aromatic N) is 3. The smallest absolute Gasteiger partial charge is 0.255 e. The predicted octanol–water partition coefficient (Wildman–Crippen LogP) is 3.33. The Morgan fingerprint density at radius 1 is 0.943 bits per heavy atom. The zero-order chi connectivity index (χ0) is 24.5. The summed E-state index contributed by atoms with van der Waals surface area (Å²) in [6, 6.07) is 16.9. The standard InChI is InChI=1S/C28H34N4O3/c1-30(17-19-8-4-3-5-9-19)23-10-6-7-11-24(23)31(2)21-12-13-22-20(16-21)18-32(28(22)35)25-14-15-26(33)29-27(25)34/h3-5,8-9,12-13,16,23-25H,6-7,10-11,14-15,17-18H2,1-2H3,(H,29,33,34)/t23-,24+,25?/m0/s1. The van der Waals surface area contributed by atoms with Gasteiger partial charge in [-0.3, -0.25) is 24.6 Å². The fraction of sp³-hybridized carbons (Fsp3) is 0.464. The van der Waals surface area contributed by atoms with E-state index in [0.29, 0.717) is 30.6 Å². The molecule has 5 rings (SSSR count). The first-order valence-corrected chi connectivity index (χ1v) is 12.7. The maximum absolute atomic E-state index is 13.1. The molecule has 0 bridgehead atoms. The van der Waals surface area contributed by atoms with Crippen molar-refractivity contribution in [3.63, 3.8) is 0 Å². The van der Waals surface area contributed by atoms with E-state index in [1.165, 1.54) is 24.8 Å². The molecular weight excluding hydrogens is 440 g/mol. The third kappa shape index (κ3) is 4.69. The highest BCUT2D eigenvalue weighted by atomic mass is 16.2. The minimum Gasteiger partial charge on any atom is -0.370 e. The zero-order valence-corrected chi connectivity index (χ0v) is 20.6. The Hall–Kier alpha value is -3.19. The first kappa shape index (κ1) is 23.5. The van der Waals surface area contributed by atoms with Gasteiger partial charge in [0.05, 0.1) is 0 Å². The van der Waals surface area contributed by atoms with Crippen molar-refractivity contribution in [2.75, 3.05) is 19.0 Å². The van der Waals surface area contributed by atoms with Crippen LogP contribution >= 0.6 is 0 Å². The van der Waals surface area contributed by atoms with Crippen molar-refractivity contribution in [3.8, 4) is 0 Å². The molecule has 35 heavy (non-hydrogen) atoms. The number of rotatable bonds is 6. The first-order valence-electron chi connectivity index (χ1n) is 12.7. The lowest BCUT2D eigenvalue weighted by atomic mass is 9.87. The van der Waals surface area contributed by atoms with Gasteiger partial charge in [-0.1, -0.05) is 43.2 Å². The van der Waals surface area contributed by atoms with Crippen molar-refractivity contribution < 1.29 is 14.4 Å². The van der Waals surface area contributed by atoms with E-state index in [-0.39, 0.29) is 24.1 Å². The molecule has 1 saturated carbocycles. The molecule has 0 aromatic heterocycles. The second kappa shape index (κ2) is 9.82. The number of anilines is 1. The number of imide groups is 1. The highest BCUT2D eigenvalue weighted by molar-refractivity contribution is 6.05. The fourth-order valence-electron chi connectivity index (χ4n) is 6.02. The van der Waals surface area contributed by atoms with Crippen LogP contribution in [-0.4, -0.2) is 59.7 Å². The van der Waals surface area contributed by atoms with Gasteiger partial charge < -0.3 is 9.80 Å². The van der Waals surface area contributed by atoms with Gasteiger partial charge in [0.2, 0.25) is 11.8 Å². The Morgan fingerprint density at radius 2 is 1.69 bits per heavy atom. The van der Waals surface area contributed by atoms with Crippen LogP contribution in [0.25, 0.3) is 0 Å². The molecule has 3 amide bonds. The molecule has 3 aliphatic rings. The highest BCUT2D eigenvalue weighted by Gasteiger charge is 2.39. The topological polar surface area (TPSA) is 73.0 Å². The molecule has 7 heteroatoms. The summed E-state index contributed by atoms with van der Waals surface area (Å²) in [5.74, 6) is -0.758. The van der Waals surface area contributed by atoms with Crippen LogP contribution in [0.1, 0.15) is 60.0 Å². The summed E-state index contributed by atoms with van der Waals surface area (Å²) >= 11 is 0. The molecule has 2 heterocycles. The molecule has 7 nitrogen and oxygen atoms in total. The van der Waals surface area contributed by atoms with Crippen LogP contribution in [0.5, 0.6) is 0 Å². The number of nitrogens with one attached hydrogen (secondary N) is 1. The van der Waals surface area contributed by atoms with Gasteiger partial charge in [-0.25, -0.2) is 0 Å². The van der Waals surface area contributed by atoms with Gasteiger partial charge in [-0.2, -0.15) is 0 Å². The summed E-state index contributed by atoms with van der Waals surface area (Å²) in [6.07, 6.45) is 5.42. The molecule has 1 N–H and O–H groups in total. The number of amides is 3. The number of hydrogen-bond donors (Lipinski definition) is 1. The zero-order valence-electron chi connectivity index (χ0n) is 20.6. The molecule has 2 aliphatic heterocycles. The van der Waals surface area contributed by atoms with Gasteiger partial charge in [-0.15, -0.1) is 0 Å². The number of carbonyl (C=O) groups is 3. The summed E-state index contributed by atoms with van der Waals surface area (Å²) in [7, 11) is 4.39. The van der Waals surface area contributed by atoms with Crippen LogP contribution in [-0.2, 0) is 22.7 Å². The van der Waals surface area contributed by atoms with Gasteiger partial charge in [0.15, 0.2) is 0 Å². The number of piperidine rings is 1. The second-order valence-corrected chi connectivity index (χ2v) is 10.2. The first-order chi connectivity index (χ1) is 16.9. The van der Waals surface area contributed by atoms with Gasteiger partial charge >= 0.3 is 0 Å². The average molecular weight is 475 g/mol. The third-order valence-corrected chi connectivity index (χ3v) is 7.95. The Kier molecular flexibility index (Phi) is 6.60. The highest BCUT2D eigenvalue weighted by Crippen LogP contribution is 2.34. The number of likely N-dealkylation sites (N-methyl/N-ethyl adjacent to an activating group) is 2. The van der Waals surface area contributed by atoms with E-state index in [0.717, 1.165) is 24.2 Å². The SMILES string of the molecule is CN(Cc1ccccc1)[C@H]1CCCC[C@H]1N(C)c1ccc2c(c1)CN(C1CCC(=O)NC1=O)C2=O. The van der Waals surface area contributed by atoms with E-state index in [4.69, 9.17) is 0 Å². The molecule has 2 aromatic rings. The van der Waals surface area contributed by atoms with Crippen molar-refractivity contribution in [1.29, 1.82) is 0 Å². The summed E-state index contributed by atoms with van der Waals surface area (Å²) in [5, 5.41) is 2.37. The molecule has 3 atom stereocenters. The van der Waals surface area contributed by atoms with Crippen molar-refractivity contribution >= 4 is 23.4 Å². The van der Waals surface area contributed by atoms with E-state index in [2.05, 4.69) is 65.6 Å². The monoisotopic (exact) mass is 474 g/mol. The molecule has 1 aliphatic carbocycles. The quantitative estimate of drug-likeness (QED) is 0.651. The molecule has 0 radical (unpaired) electrons. The number of carbonyl (C=O) groups excluding carboxylic acids is 3. The molecule has 1 unspecified atom stereocenters. The molecule has 1 saturated heterocycles. The summed E-state index contributed by atoms with van der Waals surface area (Å²) in [4.78, 5) is 43.4. The van der Waals surface area contributed by atoms with Crippen molar-refractivity contribution in [2.24, 2.45) is 0 Å². The van der Waals surface area contributed by atoms with Crippen LogP contribution in [0.4, 0.5) is 5.69 Å². The largest absolute Gasteiger partial charge is 0.370 e. The lowest BCUT2D eigenvalue weighted by Crippen LogP contribution is -2.52. The van der Waals surface area contributed by atoms with E-state index < -0.39 is 6.04 Å². The minimum atomic E-state index is -0.580. The average Bonchev–Trinajstić information content (AvgIpc) is 3.19. The second-order valence-electron chi connectivity index (χ2n) is 10.2.